The van der Waals surface area contributed by atoms with Gasteiger partial charge in [-0.25, -0.2) is 4.98 Å². The van der Waals surface area contributed by atoms with E-state index in [1.807, 2.05) is 0 Å². The smallest absolute Gasteiger partial charge is 0.288 e. The van der Waals surface area contributed by atoms with Gasteiger partial charge in [0.1, 0.15) is 10.8 Å². The molecule has 1 aromatic heterocycles. The summed E-state index contributed by atoms with van der Waals surface area (Å²) in [6.07, 6.45) is 0.712. The number of hydrogen-bond acceptors (Lipinski definition) is 4. The molecule has 3 amide bonds. The van der Waals surface area contributed by atoms with Crippen LogP contribution < -0.4 is 16.2 Å². The molecular weight excluding hydrogens is 296 g/mol. The molecule has 1 aliphatic heterocycles. The Kier molecular flexibility index (Phi) is 4.42. The van der Waals surface area contributed by atoms with Crippen LogP contribution in [0.5, 0.6) is 0 Å². The SMILES string of the molecule is CC1(C(=O)NNC(=O)c2cccc(Cl)n2)CCC(=O)NC1. The lowest BCUT2D eigenvalue weighted by molar-refractivity contribution is -0.135. The van der Waals surface area contributed by atoms with Crippen molar-refractivity contribution >= 4 is 29.3 Å². The molecule has 7 nitrogen and oxygen atoms in total. The number of hydrogen-bond donors (Lipinski definition) is 3. The van der Waals surface area contributed by atoms with E-state index in [0.717, 1.165) is 0 Å². The van der Waals surface area contributed by atoms with Crippen LogP contribution in [-0.4, -0.2) is 29.3 Å². The van der Waals surface area contributed by atoms with Crippen molar-refractivity contribution < 1.29 is 14.4 Å². The maximum Gasteiger partial charge on any atom is 0.288 e. The molecule has 2 rings (SSSR count). The third-order valence-electron chi connectivity index (χ3n) is 3.37. The molecule has 8 heteroatoms. The van der Waals surface area contributed by atoms with Crippen LogP contribution in [0.1, 0.15) is 30.3 Å². The van der Waals surface area contributed by atoms with E-state index in [1.165, 1.54) is 6.07 Å². The van der Waals surface area contributed by atoms with Gasteiger partial charge in [-0.15, -0.1) is 0 Å². The fraction of sp³-hybridized carbons (Fsp3) is 0.385. The van der Waals surface area contributed by atoms with Crippen LogP contribution >= 0.6 is 11.6 Å². The van der Waals surface area contributed by atoms with Crippen molar-refractivity contribution in [3.8, 4) is 0 Å². The van der Waals surface area contributed by atoms with Crippen molar-refractivity contribution in [2.45, 2.75) is 19.8 Å². The number of halogens is 1. The molecule has 21 heavy (non-hydrogen) atoms. The Labute approximate surface area is 126 Å². The van der Waals surface area contributed by atoms with Crippen molar-refractivity contribution in [3.63, 3.8) is 0 Å². The minimum atomic E-state index is -0.747. The standard InChI is InChI=1S/C13H15ClN4O3/c1-13(6-5-10(19)15-7-13)12(21)18-17-11(20)8-3-2-4-9(14)16-8/h2-4H,5-7H2,1H3,(H,15,19)(H,17,20)(H,18,21). The van der Waals surface area contributed by atoms with Gasteiger partial charge in [-0.05, 0) is 25.5 Å². The third-order valence-corrected chi connectivity index (χ3v) is 3.58. The van der Waals surface area contributed by atoms with Crippen LogP contribution in [0.15, 0.2) is 18.2 Å². The van der Waals surface area contributed by atoms with Gasteiger partial charge >= 0.3 is 0 Å². The monoisotopic (exact) mass is 310 g/mol. The zero-order valence-electron chi connectivity index (χ0n) is 11.4. The lowest BCUT2D eigenvalue weighted by atomic mass is 9.82. The Morgan fingerprint density at radius 1 is 1.38 bits per heavy atom. The van der Waals surface area contributed by atoms with Gasteiger partial charge in [-0.3, -0.25) is 25.2 Å². The van der Waals surface area contributed by atoms with Crippen molar-refractivity contribution in [2.24, 2.45) is 5.41 Å². The zero-order chi connectivity index (χ0) is 15.5. The maximum absolute atomic E-state index is 12.1. The summed E-state index contributed by atoms with van der Waals surface area (Å²) in [6, 6.07) is 4.61. The van der Waals surface area contributed by atoms with E-state index in [4.69, 9.17) is 11.6 Å². The fourth-order valence-electron chi connectivity index (χ4n) is 1.92. The summed E-state index contributed by atoms with van der Waals surface area (Å²) in [5.74, 6) is -1.00. The molecule has 1 unspecified atom stereocenters. The van der Waals surface area contributed by atoms with Gasteiger partial charge in [0.2, 0.25) is 11.8 Å². The molecule has 1 atom stereocenters. The summed E-state index contributed by atoms with van der Waals surface area (Å²) in [5, 5.41) is 2.83. The highest BCUT2D eigenvalue weighted by atomic mass is 35.5. The first-order valence-electron chi connectivity index (χ1n) is 6.41. The molecular formula is C13H15ClN4O3. The molecule has 0 spiro atoms. The number of carbonyl (C=O) groups is 3. The number of aromatic nitrogens is 1. The van der Waals surface area contributed by atoms with Gasteiger partial charge in [0.15, 0.2) is 0 Å². The minimum absolute atomic E-state index is 0.0764. The molecule has 3 N–H and O–H groups in total. The van der Waals surface area contributed by atoms with E-state index in [9.17, 15) is 14.4 Å². The maximum atomic E-state index is 12.1. The molecule has 1 aliphatic rings. The van der Waals surface area contributed by atoms with Crippen molar-refractivity contribution in [2.75, 3.05) is 6.54 Å². The summed E-state index contributed by atoms with van der Waals surface area (Å²) in [4.78, 5) is 38.9. The highest BCUT2D eigenvalue weighted by molar-refractivity contribution is 6.29. The quantitative estimate of drug-likeness (QED) is 0.544. The first-order valence-corrected chi connectivity index (χ1v) is 6.78. The van der Waals surface area contributed by atoms with Crippen LogP contribution in [-0.2, 0) is 9.59 Å². The van der Waals surface area contributed by atoms with Crippen molar-refractivity contribution in [1.29, 1.82) is 0 Å². The van der Waals surface area contributed by atoms with Gasteiger partial charge in [0.25, 0.3) is 5.91 Å². The molecule has 0 aliphatic carbocycles. The third kappa shape index (κ3) is 3.69. The number of nitrogens with zero attached hydrogens (tertiary/aromatic N) is 1. The first kappa shape index (κ1) is 15.2. The Bertz CT molecular complexity index is 581. The topological polar surface area (TPSA) is 100 Å². The number of amides is 3. The molecule has 1 aromatic rings. The zero-order valence-corrected chi connectivity index (χ0v) is 12.2. The van der Waals surface area contributed by atoms with E-state index in [0.29, 0.717) is 6.42 Å². The molecule has 0 bridgehead atoms. The molecule has 1 saturated heterocycles. The number of nitrogens with one attached hydrogen (secondary N) is 3. The van der Waals surface area contributed by atoms with Gasteiger partial charge in [0.05, 0.1) is 5.41 Å². The molecule has 112 valence electrons. The molecule has 0 saturated carbocycles. The molecule has 0 radical (unpaired) electrons. The average Bonchev–Trinajstić information content (AvgIpc) is 2.47. The van der Waals surface area contributed by atoms with Crippen LogP contribution in [0.25, 0.3) is 0 Å². The minimum Gasteiger partial charge on any atom is -0.355 e. The highest BCUT2D eigenvalue weighted by Crippen LogP contribution is 2.25. The fourth-order valence-corrected chi connectivity index (χ4v) is 2.08. The normalized spacial score (nSPS) is 21.3. The number of rotatable bonds is 2. The highest BCUT2D eigenvalue weighted by Gasteiger charge is 2.37. The second-order valence-corrected chi connectivity index (χ2v) is 5.48. The number of hydrazine groups is 1. The number of piperidine rings is 1. The van der Waals surface area contributed by atoms with Gasteiger partial charge in [0, 0.05) is 13.0 Å². The van der Waals surface area contributed by atoms with Crippen LogP contribution in [0.2, 0.25) is 5.15 Å². The Morgan fingerprint density at radius 3 is 2.76 bits per heavy atom. The lowest BCUT2D eigenvalue weighted by Gasteiger charge is -2.31. The summed E-state index contributed by atoms with van der Waals surface area (Å²) in [7, 11) is 0. The lowest BCUT2D eigenvalue weighted by Crippen LogP contribution is -2.54. The van der Waals surface area contributed by atoms with E-state index >= 15 is 0 Å². The molecule has 2 heterocycles. The van der Waals surface area contributed by atoms with E-state index in [2.05, 4.69) is 21.2 Å². The Hall–Kier alpha value is -2.15. The summed E-state index contributed by atoms with van der Waals surface area (Å²) >= 11 is 5.69. The van der Waals surface area contributed by atoms with Crippen LogP contribution in [0.3, 0.4) is 0 Å². The summed E-state index contributed by atoms with van der Waals surface area (Å²) < 4.78 is 0. The Balaban J connectivity index is 1.92. The second kappa shape index (κ2) is 6.09. The van der Waals surface area contributed by atoms with E-state index < -0.39 is 11.3 Å². The largest absolute Gasteiger partial charge is 0.355 e. The first-order chi connectivity index (χ1) is 9.90. The van der Waals surface area contributed by atoms with Gasteiger partial charge < -0.3 is 5.32 Å². The average molecular weight is 311 g/mol. The molecule has 0 aromatic carbocycles. The van der Waals surface area contributed by atoms with Crippen LogP contribution in [0.4, 0.5) is 0 Å². The van der Waals surface area contributed by atoms with Gasteiger partial charge in [-0.2, -0.15) is 0 Å². The van der Waals surface area contributed by atoms with Crippen molar-refractivity contribution in [3.05, 3.63) is 29.0 Å². The predicted molar refractivity (Wildman–Crippen MR) is 75.2 cm³/mol. The number of carbonyl (C=O) groups excluding carboxylic acids is 3. The summed E-state index contributed by atoms with van der Waals surface area (Å²) in [6.45, 7) is 1.97. The molecule has 1 fully saturated rings. The van der Waals surface area contributed by atoms with E-state index in [-0.39, 0.29) is 35.6 Å². The van der Waals surface area contributed by atoms with Crippen molar-refractivity contribution in [1.82, 2.24) is 21.2 Å². The number of pyridine rings is 1. The second-order valence-electron chi connectivity index (χ2n) is 5.09. The Morgan fingerprint density at radius 2 is 2.14 bits per heavy atom. The van der Waals surface area contributed by atoms with Crippen LogP contribution in [0, 0.1) is 5.41 Å². The van der Waals surface area contributed by atoms with Gasteiger partial charge in [-0.1, -0.05) is 17.7 Å². The predicted octanol–water partition coefficient (Wildman–Crippen LogP) is 0.412. The van der Waals surface area contributed by atoms with E-state index in [1.54, 1.807) is 19.1 Å². The summed E-state index contributed by atoms with van der Waals surface area (Å²) in [5.41, 5.74) is 3.99.